The van der Waals surface area contributed by atoms with Crippen LogP contribution < -0.4 is 16.0 Å². The topological polar surface area (TPSA) is 70.2 Å². The lowest BCUT2D eigenvalue weighted by molar-refractivity contribution is -0.125. The quantitative estimate of drug-likeness (QED) is 0.526. The number of halogens is 1. The fraction of sp³-hybridized carbons (Fsp3) is 0.857. The average Bonchev–Trinajstić information content (AvgIpc) is 2.68. The molecular formula is C14H26ClN3O2. The molecule has 3 N–H and O–H groups in total. The zero-order valence-electron chi connectivity index (χ0n) is 12.0. The van der Waals surface area contributed by atoms with Gasteiger partial charge in [0.2, 0.25) is 11.8 Å². The van der Waals surface area contributed by atoms with Gasteiger partial charge in [-0.05, 0) is 19.3 Å². The number of hydrogen-bond acceptors (Lipinski definition) is 3. The maximum atomic E-state index is 11.7. The molecule has 1 aliphatic carbocycles. The van der Waals surface area contributed by atoms with Crippen LogP contribution in [0.2, 0.25) is 0 Å². The van der Waals surface area contributed by atoms with Crippen LogP contribution in [0.25, 0.3) is 0 Å². The minimum atomic E-state index is -0.314. The molecule has 20 heavy (non-hydrogen) atoms. The predicted octanol–water partition coefficient (Wildman–Crippen LogP) is 1.12. The number of nitrogens with one attached hydrogen (secondary N) is 3. The number of carbonyl (C=O) groups excluding carboxylic acids is 2. The second kappa shape index (κ2) is 9.19. The van der Waals surface area contributed by atoms with Crippen LogP contribution in [0.5, 0.6) is 0 Å². The van der Waals surface area contributed by atoms with Crippen molar-refractivity contribution in [2.45, 2.75) is 63.5 Å². The van der Waals surface area contributed by atoms with Gasteiger partial charge >= 0.3 is 0 Å². The number of carbonyl (C=O) groups is 2. The van der Waals surface area contributed by atoms with Crippen molar-refractivity contribution in [2.75, 3.05) is 13.1 Å². The van der Waals surface area contributed by atoms with Gasteiger partial charge in [0.15, 0.2) is 0 Å². The largest absolute Gasteiger partial charge is 0.353 e. The molecule has 0 aromatic carbocycles. The fourth-order valence-electron chi connectivity index (χ4n) is 2.88. The Morgan fingerprint density at radius 3 is 2.40 bits per heavy atom. The molecule has 116 valence electrons. The van der Waals surface area contributed by atoms with E-state index in [4.69, 9.17) is 0 Å². The lowest BCUT2D eigenvalue weighted by Crippen LogP contribution is -2.44. The Kier molecular flexibility index (Phi) is 7.92. The van der Waals surface area contributed by atoms with Crippen LogP contribution in [0.3, 0.4) is 0 Å². The summed E-state index contributed by atoms with van der Waals surface area (Å²) in [5, 5.41) is 9.08. The normalized spacial score (nSPS) is 23.6. The molecule has 0 radical (unpaired) electrons. The lowest BCUT2D eigenvalue weighted by atomic mass is 10.1. The number of rotatable bonds is 5. The van der Waals surface area contributed by atoms with E-state index in [0.29, 0.717) is 25.4 Å². The SMILES string of the molecule is Cl.O=C1CC[C@H](C(=O)NCCNC2CCCCCC2)N1. The first-order chi connectivity index (χ1) is 9.25. The summed E-state index contributed by atoms with van der Waals surface area (Å²) in [4.78, 5) is 22.8. The van der Waals surface area contributed by atoms with E-state index in [-0.39, 0.29) is 30.3 Å². The summed E-state index contributed by atoms with van der Waals surface area (Å²) >= 11 is 0. The molecule has 1 saturated carbocycles. The van der Waals surface area contributed by atoms with Crippen molar-refractivity contribution in [3.63, 3.8) is 0 Å². The van der Waals surface area contributed by atoms with Gasteiger partial charge in [0.05, 0.1) is 0 Å². The van der Waals surface area contributed by atoms with Crippen molar-refractivity contribution in [3.8, 4) is 0 Å². The molecular weight excluding hydrogens is 278 g/mol. The van der Waals surface area contributed by atoms with Gasteiger partial charge in [0, 0.05) is 25.6 Å². The van der Waals surface area contributed by atoms with Gasteiger partial charge in [-0.1, -0.05) is 25.7 Å². The summed E-state index contributed by atoms with van der Waals surface area (Å²) < 4.78 is 0. The average molecular weight is 304 g/mol. The van der Waals surface area contributed by atoms with Crippen molar-refractivity contribution in [1.82, 2.24) is 16.0 Å². The highest BCUT2D eigenvalue weighted by molar-refractivity contribution is 5.90. The van der Waals surface area contributed by atoms with E-state index in [2.05, 4.69) is 16.0 Å². The third-order valence-electron chi connectivity index (χ3n) is 4.02. The molecule has 1 heterocycles. The molecule has 5 nitrogen and oxygen atoms in total. The summed E-state index contributed by atoms with van der Waals surface area (Å²) in [6.45, 7) is 1.46. The van der Waals surface area contributed by atoms with Crippen molar-refractivity contribution < 1.29 is 9.59 Å². The van der Waals surface area contributed by atoms with Crippen LogP contribution in [0.4, 0.5) is 0 Å². The van der Waals surface area contributed by atoms with E-state index in [1.165, 1.54) is 38.5 Å². The maximum Gasteiger partial charge on any atom is 0.242 e. The smallest absolute Gasteiger partial charge is 0.242 e. The van der Waals surface area contributed by atoms with Gasteiger partial charge in [-0.2, -0.15) is 0 Å². The monoisotopic (exact) mass is 303 g/mol. The van der Waals surface area contributed by atoms with E-state index in [0.717, 1.165) is 6.54 Å². The number of amides is 2. The van der Waals surface area contributed by atoms with E-state index in [1.54, 1.807) is 0 Å². The minimum absolute atomic E-state index is 0. The zero-order chi connectivity index (χ0) is 13.5. The second-order valence-electron chi connectivity index (χ2n) is 5.59. The zero-order valence-corrected chi connectivity index (χ0v) is 12.8. The summed E-state index contributed by atoms with van der Waals surface area (Å²) in [7, 11) is 0. The first-order valence-corrected chi connectivity index (χ1v) is 7.56. The van der Waals surface area contributed by atoms with Crippen molar-refractivity contribution in [3.05, 3.63) is 0 Å². The molecule has 1 atom stereocenters. The molecule has 2 aliphatic rings. The van der Waals surface area contributed by atoms with Gasteiger partial charge in [-0.15, -0.1) is 12.4 Å². The molecule has 0 unspecified atom stereocenters. The highest BCUT2D eigenvalue weighted by Gasteiger charge is 2.26. The Morgan fingerprint density at radius 2 is 1.80 bits per heavy atom. The second-order valence-corrected chi connectivity index (χ2v) is 5.59. The van der Waals surface area contributed by atoms with Gasteiger partial charge in [0.1, 0.15) is 6.04 Å². The molecule has 0 bridgehead atoms. The summed E-state index contributed by atoms with van der Waals surface area (Å²) in [6, 6.07) is 0.302. The van der Waals surface area contributed by atoms with E-state index < -0.39 is 0 Å². The van der Waals surface area contributed by atoms with Crippen molar-refractivity contribution in [1.29, 1.82) is 0 Å². The third kappa shape index (κ3) is 5.67. The van der Waals surface area contributed by atoms with Gasteiger partial charge in [-0.3, -0.25) is 9.59 Å². The molecule has 6 heteroatoms. The van der Waals surface area contributed by atoms with Crippen molar-refractivity contribution >= 4 is 24.2 Å². The Balaban J connectivity index is 0.00000200. The van der Waals surface area contributed by atoms with Crippen LogP contribution in [0, 0.1) is 0 Å². The van der Waals surface area contributed by atoms with Gasteiger partial charge in [0.25, 0.3) is 0 Å². The van der Waals surface area contributed by atoms with E-state index in [1.807, 2.05) is 0 Å². The van der Waals surface area contributed by atoms with Crippen LogP contribution >= 0.6 is 12.4 Å². The third-order valence-corrected chi connectivity index (χ3v) is 4.02. The summed E-state index contributed by atoms with van der Waals surface area (Å²) in [5.74, 6) is -0.0646. The minimum Gasteiger partial charge on any atom is -0.353 e. The molecule has 2 rings (SSSR count). The molecule has 2 amide bonds. The lowest BCUT2D eigenvalue weighted by Gasteiger charge is -2.17. The Morgan fingerprint density at radius 1 is 1.10 bits per heavy atom. The molecule has 1 saturated heterocycles. The molecule has 2 fully saturated rings. The molecule has 0 spiro atoms. The standard InChI is InChI=1S/C14H25N3O2.ClH/c18-13-8-7-12(17-13)14(19)16-10-9-15-11-5-3-1-2-4-6-11;/h11-12,15H,1-10H2,(H,16,19)(H,17,18);1H/t12-;/m1./s1. The van der Waals surface area contributed by atoms with Crippen molar-refractivity contribution in [2.24, 2.45) is 0 Å². The Bertz CT molecular complexity index is 318. The number of hydrogen-bond donors (Lipinski definition) is 3. The Labute approximate surface area is 127 Å². The molecule has 0 aromatic heterocycles. The van der Waals surface area contributed by atoms with E-state index in [9.17, 15) is 9.59 Å². The van der Waals surface area contributed by atoms with Gasteiger partial charge in [-0.25, -0.2) is 0 Å². The molecule has 0 aromatic rings. The Hall–Kier alpha value is -0.810. The van der Waals surface area contributed by atoms with E-state index >= 15 is 0 Å². The highest BCUT2D eigenvalue weighted by atomic mass is 35.5. The predicted molar refractivity (Wildman–Crippen MR) is 80.9 cm³/mol. The summed E-state index contributed by atoms with van der Waals surface area (Å²) in [6.07, 6.45) is 8.96. The fourth-order valence-corrected chi connectivity index (χ4v) is 2.88. The first-order valence-electron chi connectivity index (χ1n) is 7.56. The maximum absolute atomic E-state index is 11.7. The first kappa shape index (κ1) is 17.2. The molecule has 1 aliphatic heterocycles. The highest BCUT2D eigenvalue weighted by Crippen LogP contribution is 2.16. The summed E-state index contributed by atoms with van der Waals surface area (Å²) in [5.41, 5.74) is 0. The van der Waals surface area contributed by atoms with Crippen LogP contribution in [0.15, 0.2) is 0 Å². The van der Waals surface area contributed by atoms with Crippen LogP contribution in [0.1, 0.15) is 51.4 Å². The van der Waals surface area contributed by atoms with Crippen LogP contribution in [-0.2, 0) is 9.59 Å². The van der Waals surface area contributed by atoms with Gasteiger partial charge < -0.3 is 16.0 Å². The van der Waals surface area contributed by atoms with Crippen LogP contribution in [-0.4, -0.2) is 37.0 Å².